The van der Waals surface area contributed by atoms with Gasteiger partial charge in [-0.15, -0.1) is 0 Å². The van der Waals surface area contributed by atoms with Gasteiger partial charge in [0.05, 0.1) is 13.7 Å². The van der Waals surface area contributed by atoms with Crippen molar-refractivity contribution in [2.75, 3.05) is 13.7 Å². The molecule has 0 radical (unpaired) electrons. The van der Waals surface area contributed by atoms with Gasteiger partial charge in [0.25, 0.3) is 0 Å². The van der Waals surface area contributed by atoms with Gasteiger partial charge in [-0.3, -0.25) is 4.79 Å². The fraction of sp³-hybridized carbons (Fsp3) is 0.312. The van der Waals surface area contributed by atoms with Gasteiger partial charge in [-0.05, 0) is 26.0 Å². The van der Waals surface area contributed by atoms with E-state index >= 15 is 0 Å². The summed E-state index contributed by atoms with van der Waals surface area (Å²) >= 11 is 0. The second kappa shape index (κ2) is 8.80. The van der Waals surface area contributed by atoms with Crippen LogP contribution in [-0.4, -0.2) is 25.7 Å². The maximum absolute atomic E-state index is 11.5. The number of ether oxygens (including phenoxy) is 2. The third-order valence-electron chi connectivity index (χ3n) is 2.51. The first-order valence-electron chi connectivity index (χ1n) is 6.54. The van der Waals surface area contributed by atoms with Gasteiger partial charge in [0.15, 0.2) is 11.5 Å². The average molecular weight is 275 g/mol. The van der Waals surface area contributed by atoms with Crippen LogP contribution in [0.4, 0.5) is 0 Å². The Hall–Kier alpha value is -2.23. The van der Waals surface area contributed by atoms with Gasteiger partial charge in [-0.1, -0.05) is 30.4 Å². The zero-order valence-corrected chi connectivity index (χ0v) is 12.1. The largest absolute Gasteiger partial charge is 0.493 e. The minimum absolute atomic E-state index is 0.140. The normalized spacial score (nSPS) is 12.6. The molecule has 0 spiro atoms. The van der Waals surface area contributed by atoms with Gasteiger partial charge in [0.1, 0.15) is 6.10 Å². The molecule has 0 unspecified atom stereocenters. The summed E-state index contributed by atoms with van der Waals surface area (Å²) < 4.78 is 10.9. The number of hydrogen-bond donors (Lipinski definition) is 1. The van der Waals surface area contributed by atoms with Crippen molar-refractivity contribution in [1.82, 2.24) is 5.32 Å². The lowest BCUT2D eigenvalue weighted by Crippen LogP contribution is -2.32. The molecule has 1 rings (SSSR count). The lowest BCUT2D eigenvalue weighted by atomic mass is 10.3. The Morgan fingerprint density at radius 2 is 2.00 bits per heavy atom. The van der Waals surface area contributed by atoms with E-state index in [1.807, 2.05) is 44.2 Å². The number of rotatable bonds is 7. The molecule has 1 N–H and O–H groups in total. The SMILES string of the molecule is C/C=C/C=C\C(=O)NC[C@@H](C)Oc1ccccc1OC. The maximum atomic E-state index is 11.5. The quantitative estimate of drug-likeness (QED) is 0.615. The van der Waals surface area contributed by atoms with Crippen molar-refractivity contribution in [1.29, 1.82) is 0 Å². The van der Waals surface area contributed by atoms with Crippen molar-refractivity contribution in [2.24, 2.45) is 0 Å². The van der Waals surface area contributed by atoms with Gasteiger partial charge in [0.2, 0.25) is 5.91 Å². The van der Waals surface area contributed by atoms with Gasteiger partial charge in [-0.2, -0.15) is 0 Å². The zero-order chi connectivity index (χ0) is 14.8. The number of methoxy groups -OCH3 is 1. The van der Waals surface area contributed by atoms with Crippen LogP contribution in [0.1, 0.15) is 13.8 Å². The molecular formula is C16H21NO3. The standard InChI is InChI=1S/C16H21NO3/c1-4-5-6-11-16(18)17-12-13(2)20-15-10-8-7-9-14(15)19-3/h4-11,13H,12H2,1-3H3,(H,17,18)/b5-4+,11-6-/t13-/m1/s1. The van der Waals surface area contributed by atoms with Crippen LogP contribution in [0, 0.1) is 0 Å². The highest BCUT2D eigenvalue weighted by Crippen LogP contribution is 2.26. The number of nitrogens with one attached hydrogen (secondary N) is 1. The first-order chi connectivity index (χ1) is 9.67. The van der Waals surface area contributed by atoms with Crippen LogP contribution in [-0.2, 0) is 4.79 Å². The summed E-state index contributed by atoms with van der Waals surface area (Å²) in [4.78, 5) is 11.5. The number of para-hydroxylation sites is 2. The summed E-state index contributed by atoms with van der Waals surface area (Å²) in [5, 5.41) is 2.77. The monoisotopic (exact) mass is 275 g/mol. The summed E-state index contributed by atoms with van der Waals surface area (Å²) in [6.07, 6.45) is 6.69. The van der Waals surface area contributed by atoms with Crippen molar-refractivity contribution >= 4 is 5.91 Å². The van der Waals surface area contributed by atoms with Crippen LogP contribution in [0.2, 0.25) is 0 Å². The Morgan fingerprint density at radius 1 is 1.30 bits per heavy atom. The van der Waals surface area contributed by atoms with E-state index in [4.69, 9.17) is 9.47 Å². The molecule has 0 saturated carbocycles. The molecule has 108 valence electrons. The Morgan fingerprint density at radius 3 is 2.65 bits per heavy atom. The summed E-state index contributed by atoms with van der Waals surface area (Å²) in [5.41, 5.74) is 0. The molecule has 0 bridgehead atoms. The van der Waals surface area contributed by atoms with E-state index in [0.29, 0.717) is 18.0 Å². The van der Waals surface area contributed by atoms with Crippen LogP contribution in [0.3, 0.4) is 0 Å². The topological polar surface area (TPSA) is 47.6 Å². The maximum Gasteiger partial charge on any atom is 0.244 e. The zero-order valence-electron chi connectivity index (χ0n) is 12.1. The van der Waals surface area contributed by atoms with E-state index in [-0.39, 0.29) is 12.0 Å². The van der Waals surface area contributed by atoms with E-state index in [1.165, 1.54) is 6.08 Å². The minimum Gasteiger partial charge on any atom is -0.493 e. The number of amides is 1. The van der Waals surface area contributed by atoms with Crippen molar-refractivity contribution < 1.29 is 14.3 Å². The van der Waals surface area contributed by atoms with E-state index < -0.39 is 0 Å². The van der Waals surface area contributed by atoms with Gasteiger partial charge in [0, 0.05) is 6.08 Å². The Kier molecular flexibility index (Phi) is 6.96. The molecule has 20 heavy (non-hydrogen) atoms. The number of benzene rings is 1. The highest BCUT2D eigenvalue weighted by molar-refractivity contribution is 5.87. The molecule has 1 amide bonds. The summed E-state index contributed by atoms with van der Waals surface area (Å²) in [6.45, 7) is 4.21. The molecule has 1 aromatic carbocycles. The third-order valence-corrected chi connectivity index (χ3v) is 2.51. The molecule has 0 aliphatic carbocycles. The Balaban J connectivity index is 2.44. The van der Waals surface area contributed by atoms with Crippen molar-refractivity contribution in [3.63, 3.8) is 0 Å². The third kappa shape index (κ3) is 5.61. The second-order valence-corrected chi connectivity index (χ2v) is 4.21. The predicted octanol–water partition coefficient (Wildman–Crippen LogP) is 2.71. The molecule has 0 aliphatic rings. The molecule has 0 saturated heterocycles. The fourth-order valence-corrected chi connectivity index (χ4v) is 1.53. The van der Waals surface area contributed by atoms with Crippen LogP contribution < -0.4 is 14.8 Å². The molecule has 0 aliphatic heterocycles. The van der Waals surface area contributed by atoms with Crippen LogP contribution in [0.5, 0.6) is 11.5 Å². The van der Waals surface area contributed by atoms with E-state index in [2.05, 4.69) is 5.32 Å². The number of hydrogen-bond acceptors (Lipinski definition) is 3. The van der Waals surface area contributed by atoms with Crippen molar-refractivity contribution in [3.05, 3.63) is 48.6 Å². The summed E-state index contributed by atoms with van der Waals surface area (Å²) in [5.74, 6) is 1.21. The Labute approximate surface area is 120 Å². The lowest BCUT2D eigenvalue weighted by molar-refractivity contribution is -0.116. The second-order valence-electron chi connectivity index (χ2n) is 4.21. The molecule has 1 aromatic rings. The number of carbonyl (C=O) groups excluding carboxylic acids is 1. The lowest BCUT2D eigenvalue weighted by Gasteiger charge is -2.16. The molecule has 4 nitrogen and oxygen atoms in total. The smallest absolute Gasteiger partial charge is 0.244 e. The van der Waals surface area contributed by atoms with Gasteiger partial charge >= 0.3 is 0 Å². The van der Waals surface area contributed by atoms with E-state index in [0.717, 1.165) is 0 Å². The number of carbonyl (C=O) groups is 1. The number of allylic oxidation sites excluding steroid dienone is 3. The fourth-order valence-electron chi connectivity index (χ4n) is 1.53. The van der Waals surface area contributed by atoms with Gasteiger partial charge < -0.3 is 14.8 Å². The predicted molar refractivity (Wildman–Crippen MR) is 80.0 cm³/mol. The molecule has 4 heteroatoms. The Bertz CT molecular complexity index is 480. The first-order valence-corrected chi connectivity index (χ1v) is 6.54. The van der Waals surface area contributed by atoms with E-state index in [1.54, 1.807) is 19.3 Å². The molecule has 0 fully saturated rings. The molecule has 1 atom stereocenters. The highest BCUT2D eigenvalue weighted by Gasteiger charge is 2.08. The first kappa shape index (κ1) is 15.8. The van der Waals surface area contributed by atoms with Crippen molar-refractivity contribution in [3.8, 4) is 11.5 Å². The summed E-state index contributed by atoms with van der Waals surface area (Å²) in [7, 11) is 1.60. The highest BCUT2D eigenvalue weighted by atomic mass is 16.5. The average Bonchev–Trinajstić information content (AvgIpc) is 2.46. The van der Waals surface area contributed by atoms with Crippen LogP contribution in [0.15, 0.2) is 48.6 Å². The summed E-state index contributed by atoms with van der Waals surface area (Å²) in [6, 6.07) is 7.43. The van der Waals surface area contributed by atoms with Crippen LogP contribution in [0.25, 0.3) is 0 Å². The molecule has 0 heterocycles. The van der Waals surface area contributed by atoms with Crippen molar-refractivity contribution in [2.45, 2.75) is 20.0 Å². The van der Waals surface area contributed by atoms with Gasteiger partial charge in [-0.25, -0.2) is 0 Å². The minimum atomic E-state index is -0.148. The molecule has 0 aromatic heterocycles. The van der Waals surface area contributed by atoms with E-state index in [9.17, 15) is 4.79 Å². The molecular weight excluding hydrogens is 254 g/mol. The van der Waals surface area contributed by atoms with Crippen LogP contribution >= 0.6 is 0 Å².